The SMILES string of the molecule is Cc1cc(CCl)c(CCl)nc1Cl. The van der Waals surface area contributed by atoms with Gasteiger partial charge in [0.05, 0.1) is 11.6 Å². The average Bonchev–Trinajstić information content (AvgIpc) is 2.09. The van der Waals surface area contributed by atoms with Crippen molar-refractivity contribution in [2.75, 3.05) is 0 Å². The number of halogens is 3. The van der Waals surface area contributed by atoms with Crippen LogP contribution in [0.4, 0.5) is 0 Å². The Balaban J connectivity index is 3.19. The van der Waals surface area contributed by atoms with Gasteiger partial charge in [-0.15, -0.1) is 23.2 Å². The van der Waals surface area contributed by atoms with Crippen molar-refractivity contribution >= 4 is 34.8 Å². The molecular formula is C8H8Cl3N. The Hall–Kier alpha value is 0.0200. The molecule has 0 atom stereocenters. The molecular weight excluding hydrogens is 216 g/mol. The second-order valence-electron chi connectivity index (χ2n) is 2.47. The maximum Gasteiger partial charge on any atom is 0.132 e. The summed E-state index contributed by atoms with van der Waals surface area (Å²) in [6.45, 7) is 1.89. The Kier molecular flexibility index (Phi) is 3.63. The Morgan fingerprint density at radius 1 is 1.33 bits per heavy atom. The van der Waals surface area contributed by atoms with Crippen LogP contribution in [0.15, 0.2) is 6.07 Å². The van der Waals surface area contributed by atoms with Crippen molar-refractivity contribution in [2.45, 2.75) is 18.7 Å². The van der Waals surface area contributed by atoms with Crippen molar-refractivity contribution in [3.63, 3.8) is 0 Å². The number of aryl methyl sites for hydroxylation is 1. The smallest absolute Gasteiger partial charge is 0.132 e. The summed E-state index contributed by atoms with van der Waals surface area (Å²) in [5.41, 5.74) is 2.65. The van der Waals surface area contributed by atoms with Crippen molar-refractivity contribution in [3.8, 4) is 0 Å². The number of hydrogen-bond acceptors (Lipinski definition) is 1. The topological polar surface area (TPSA) is 12.9 Å². The van der Waals surface area contributed by atoms with Crippen LogP contribution < -0.4 is 0 Å². The standard InChI is InChI=1S/C8H8Cl3N/c1-5-2-6(3-9)7(4-10)12-8(5)11/h2H,3-4H2,1H3. The van der Waals surface area contributed by atoms with Gasteiger partial charge in [0.25, 0.3) is 0 Å². The van der Waals surface area contributed by atoms with E-state index in [2.05, 4.69) is 4.98 Å². The van der Waals surface area contributed by atoms with Crippen molar-refractivity contribution < 1.29 is 0 Å². The van der Waals surface area contributed by atoms with Gasteiger partial charge in [0.15, 0.2) is 0 Å². The molecule has 1 heterocycles. The fourth-order valence-electron chi connectivity index (χ4n) is 0.914. The summed E-state index contributed by atoms with van der Waals surface area (Å²) in [6, 6.07) is 1.92. The second-order valence-corrected chi connectivity index (χ2v) is 3.36. The Morgan fingerprint density at radius 2 is 2.00 bits per heavy atom. The summed E-state index contributed by atoms with van der Waals surface area (Å²) in [4.78, 5) is 4.11. The van der Waals surface area contributed by atoms with Gasteiger partial charge in [-0.1, -0.05) is 11.6 Å². The number of pyridine rings is 1. The van der Waals surface area contributed by atoms with Crippen LogP contribution in [-0.2, 0) is 11.8 Å². The minimum Gasteiger partial charge on any atom is -0.239 e. The van der Waals surface area contributed by atoms with Gasteiger partial charge in [0, 0.05) is 5.88 Å². The van der Waals surface area contributed by atoms with Crippen LogP contribution in [0.5, 0.6) is 0 Å². The largest absolute Gasteiger partial charge is 0.239 e. The van der Waals surface area contributed by atoms with Gasteiger partial charge in [0.1, 0.15) is 5.15 Å². The van der Waals surface area contributed by atoms with E-state index in [-0.39, 0.29) is 0 Å². The molecule has 0 saturated carbocycles. The minimum atomic E-state index is 0.349. The molecule has 0 N–H and O–H groups in total. The molecule has 0 aromatic carbocycles. The van der Waals surface area contributed by atoms with Gasteiger partial charge < -0.3 is 0 Å². The Morgan fingerprint density at radius 3 is 2.50 bits per heavy atom. The molecule has 66 valence electrons. The second kappa shape index (κ2) is 4.31. The fraction of sp³-hybridized carbons (Fsp3) is 0.375. The number of aromatic nitrogens is 1. The molecule has 12 heavy (non-hydrogen) atoms. The van der Waals surface area contributed by atoms with Crippen LogP contribution in [0, 0.1) is 6.92 Å². The maximum absolute atomic E-state index is 5.81. The zero-order valence-electron chi connectivity index (χ0n) is 6.57. The van der Waals surface area contributed by atoms with E-state index >= 15 is 0 Å². The molecule has 0 bridgehead atoms. The predicted octanol–water partition coefficient (Wildman–Crippen LogP) is 3.52. The lowest BCUT2D eigenvalue weighted by Crippen LogP contribution is -1.95. The van der Waals surface area contributed by atoms with E-state index in [0.717, 1.165) is 16.8 Å². The molecule has 0 saturated heterocycles. The zero-order valence-corrected chi connectivity index (χ0v) is 8.84. The minimum absolute atomic E-state index is 0.349. The summed E-state index contributed by atoms with van der Waals surface area (Å²) in [5, 5.41) is 0.500. The van der Waals surface area contributed by atoms with E-state index in [1.807, 2.05) is 13.0 Å². The number of hydrogen-bond donors (Lipinski definition) is 0. The molecule has 0 fully saturated rings. The molecule has 1 rings (SSSR count). The molecule has 1 nitrogen and oxygen atoms in total. The highest BCUT2D eigenvalue weighted by Crippen LogP contribution is 2.19. The quantitative estimate of drug-likeness (QED) is 0.553. The highest BCUT2D eigenvalue weighted by molar-refractivity contribution is 6.30. The lowest BCUT2D eigenvalue weighted by Gasteiger charge is -2.05. The van der Waals surface area contributed by atoms with Gasteiger partial charge >= 0.3 is 0 Å². The van der Waals surface area contributed by atoms with Crippen molar-refractivity contribution in [2.24, 2.45) is 0 Å². The average molecular weight is 225 g/mol. The predicted molar refractivity (Wildman–Crippen MR) is 53.1 cm³/mol. The number of rotatable bonds is 2. The highest BCUT2D eigenvalue weighted by Gasteiger charge is 2.05. The van der Waals surface area contributed by atoms with Gasteiger partial charge in [-0.2, -0.15) is 0 Å². The third-order valence-corrected chi connectivity index (χ3v) is 2.51. The summed E-state index contributed by atoms with van der Waals surface area (Å²) < 4.78 is 0. The summed E-state index contributed by atoms with van der Waals surface area (Å²) >= 11 is 17.2. The van der Waals surface area contributed by atoms with Crippen molar-refractivity contribution in [1.29, 1.82) is 0 Å². The zero-order chi connectivity index (χ0) is 9.14. The highest BCUT2D eigenvalue weighted by atomic mass is 35.5. The normalized spacial score (nSPS) is 10.3. The molecule has 0 radical (unpaired) electrons. The van der Waals surface area contributed by atoms with E-state index in [0.29, 0.717) is 16.9 Å². The fourth-order valence-corrected chi connectivity index (χ4v) is 1.53. The molecule has 1 aromatic rings. The third kappa shape index (κ3) is 2.03. The van der Waals surface area contributed by atoms with E-state index in [9.17, 15) is 0 Å². The molecule has 0 amide bonds. The van der Waals surface area contributed by atoms with Crippen LogP contribution in [0.25, 0.3) is 0 Å². The van der Waals surface area contributed by atoms with Crippen LogP contribution in [0.1, 0.15) is 16.8 Å². The first-order valence-corrected chi connectivity index (χ1v) is 4.90. The van der Waals surface area contributed by atoms with Crippen LogP contribution in [-0.4, -0.2) is 4.98 Å². The van der Waals surface area contributed by atoms with Crippen LogP contribution >= 0.6 is 34.8 Å². The van der Waals surface area contributed by atoms with Gasteiger partial charge in [-0.3, -0.25) is 0 Å². The number of alkyl halides is 2. The molecule has 0 spiro atoms. The molecule has 0 unspecified atom stereocenters. The van der Waals surface area contributed by atoms with Gasteiger partial charge in [-0.05, 0) is 24.1 Å². The lowest BCUT2D eigenvalue weighted by atomic mass is 10.2. The van der Waals surface area contributed by atoms with E-state index < -0.39 is 0 Å². The summed E-state index contributed by atoms with van der Waals surface area (Å²) in [5.74, 6) is 0.773. The van der Waals surface area contributed by atoms with Gasteiger partial charge in [-0.25, -0.2) is 4.98 Å². The van der Waals surface area contributed by atoms with Crippen LogP contribution in [0.3, 0.4) is 0 Å². The maximum atomic E-state index is 5.81. The van der Waals surface area contributed by atoms with Crippen LogP contribution in [0.2, 0.25) is 5.15 Å². The molecule has 4 heteroatoms. The molecule has 0 aliphatic heterocycles. The van der Waals surface area contributed by atoms with Crippen molar-refractivity contribution in [1.82, 2.24) is 4.98 Å². The Bertz CT molecular complexity index is 257. The monoisotopic (exact) mass is 223 g/mol. The third-order valence-electron chi connectivity index (χ3n) is 1.59. The first kappa shape index (κ1) is 10.1. The molecule has 0 aliphatic carbocycles. The first-order chi connectivity index (χ1) is 5.69. The van der Waals surface area contributed by atoms with Crippen molar-refractivity contribution in [3.05, 3.63) is 28.0 Å². The van der Waals surface area contributed by atoms with E-state index in [4.69, 9.17) is 34.8 Å². The van der Waals surface area contributed by atoms with Gasteiger partial charge in [0.2, 0.25) is 0 Å². The summed E-state index contributed by atoms with van der Waals surface area (Å²) in [6.07, 6.45) is 0. The van der Waals surface area contributed by atoms with E-state index in [1.54, 1.807) is 0 Å². The lowest BCUT2D eigenvalue weighted by molar-refractivity contribution is 1.09. The first-order valence-electron chi connectivity index (χ1n) is 3.46. The molecule has 0 aliphatic rings. The molecule has 1 aromatic heterocycles. The number of nitrogens with zero attached hydrogens (tertiary/aromatic N) is 1. The summed E-state index contributed by atoms with van der Waals surface area (Å²) in [7, 11) is 0. The van der Waals surface area contributed by atoms with E-state index in [1.165, 1.54) is 0 Å². The Labute approximate surface area is 86.7 Å².